The minimum atomic E-state index is 0.329. The molecule has 0 aromatic heterocycles. The van der Waals surface area contributed by atoms with Gasteiger partial charge in [-0.15, -0.1) is 0 Å². The van der Waals surface area contributed by atoms with Crippen molar-refractivity contribution < 1.29 is 4.79 Å². The zero-order valence-electron chi connectivity index (χ0n) is 9.09. The zero-order valence-corrected chi connectivity index (χ0v) is 9.09. The first-order valence-electron chi connectivity index (χ1n) is 6.10. The van der Waals surface area contributed by atoms with Gasteiger partial charge in [0.15, 0.2) is 0 Å². The predicted octanol–water partition coefficient (Wildman–Crippen LogP) is 2.34. The summed E-state index contributed by atoms with van der Waals surface area (Å²) in [6.45, 7) is 3.19. The quantitative estimate of drug-likeness (QED) is 0.720. The Kier molecular flexibility index (Phi) is 3.09. The first-order valence-corrected chi connectivity index (χ1v) is 6.10. The molecule has 0 aromatic carbocycles. The number of rotatable bonds is 2. The molecule has 1 N–H and O–H groups in total. The van der Waals surface area contributed by atoms with Crippen molar-refractivity contribution in [3.05, 3.63) is 0 Å². The second-order valence-corrected chi connectivity index (χ2v) is 4.80. The number of carbonyl (C=O) groups excluding carboxylic acids is 1. The summed E-state index contributed by atoms with van der Waals surface area (Å²) in [4.78, 5) is 11.6. The van der Waals surface area contributed by atoms with Crippen LogP contribution in [-0.2, 0) is 4.79 Å². The Bertz CT molecular complexity index is 214. The molecule has 1 saturated heterocycles. The van der Waals surface area contributed by atoms with Gasteiger partial charge in [0.2, 0.25) is 5.91 Å². The number of nitrogens with one attached hydrogen (secondary N) is 1. The van der Waals surface area contributed by atoms with Gasteiger partial charge in [0.25, 0.3) is 0 Å². The maximum absolute atomic E-state index is 11.6. The highest BCUT2D eigenvalue weighted by atomic mass is 16.2. The summed E-state index contributed by atoms with van der Waals surface area (Å²) in [7, 11) is 0. The third kappa shape index (κ3) is 1.79. The Morgan fingerprint density at radius 3 is 2.71 bits per heavy atom. The third-order valence-electron chi connectivity index (χ3n) is 4.10. The number of hydrogen-bond acceptors (Lipinski definition) is 1. The molecule has 2 aliphatic rings. The van der Waals surface area contributed by atoms with E-state index in [0.717, 1.165) is 18.9 Å². The Morgan fingerprint density at radius 2 is 2.07 bits per heavy atom. The SMILES string of the molecule is CCC1CCCCC1C1CCNC1=O. The predicted molar refractivity (Wildman–Crippen MR) is 56.9 cm³/mol. The molecule has 2 fully saturated rings. The van der Waals surface area contributed by atoms with Gasteiger partial charge in [-0.25, -0.2) is 0 Å². The summed E-state index contributed by atoms with van der Waals surface area (Å²) in [5.41, 5.74) is 0. The van der Waals surface area contributed by atoms with E-state index in [9.17, 15) is 4.79 Å². The van der Waals surface area contributed by atoms with Crippen LogP contribution in [0.1, 0.15) is 45.4 Å². The Balaban J connectivity index is 2.02. The van der Waals surface area contributed by atoms with Gasteiger partial charge in [-0.3, -0.25) is 4.79 Å². The summed E-state index contributed by atoms with van der Waals surface area (Å²) in [5.74, 6) is 2.18. The number of hydrogen-bond donors (Lipinski definition) is 1. The fraction of sp³-hybridized carbons (Fsp3) is 0.917. The van der Waals surface area contributed by atoms with E-state index in [2.05, 4.69) is 12.2 Å². The van der Waals surface area contributed by atoms with Crippen LogP contribution in [0.2, 0.25) is 0 Å². The van der Waals surface area contributed by atoms with Crippen molar-refractivity contribution in [1.82, 2.24) is 5.32 Å². The van der Waals surface area contributed by atoms with Gasteiger partial charge in [-0.1, -0.05) is 32.6 Å². The van der Waals surface area contributed by atoms with Gasteiger partial charge in [-0.2, -0.15) is 0 Å². The molecule has 3 unspecified atom stereocenters. The molecular formula is C12H21NO. The lowest BCUT2D eigenvalue weighted by molar-refractivity contribution is -0.125. The van der Waals surface area contributed by atoms with Crippen LogP contribution in [0.3, 0.4) is 0 Å². The van der Waals surface area contributed by atoms with Gasteiger partial charge < -0.3 is 5.32 Å². The van der Waals surface area contributed by atoms with Crippen molar-refractivity contribution >= 4 is 5.91 Å². The van der Waals surface area contributed by atoms with Crippen LogP contribution in [0.5, 0.6) is 0 Å². The van der Waals surface area contributed by atoms with Crippen LogP contribution in [0.15, 0.2) is 0 Å². The van der Waals surface area contributed by atoms with Crippen molar-refractivity contribution in [2.75, 3.05) is 6.54 Å². The molecule has 2 nitrogen and oxygen atoms in total. The van der Waals surface area contributed by atoms with E-state index < -0.39 is 0 Å². The van der Waals surface area contributed by atoms with E-state index >= 15 is 0 Å². The van der Waals surface area contributed by atoms with Crippen molar-refractivity contribution in [2.45, 2.75) is 45.4 Å². The first kappa shape index (κ1) is 10.0. The molecule has 80 valence electrons. The highest BCUT2D eigenvalue weighted by Gasteiger charge is 2.37. The molecular weight excluding hydrogens is 174 g/mol. The molecule has 1 aliphatic heterocycles. The average Bonchev–Trinajstić information content (AvgIpc) is 2.64. The lowest BCUT2D eigenvalue weighted by Crippen LogP contribution is -2.31. The molecule has 0 radical (unpaired) electrons. The van der Waals surface area contributed by atoms with Crippen LogP contribution in [0, 0.1) is 17.8 Å². The number of carbonyl (C=O) groups is 1. The van der Waals surface area contributed by atoms with Crippen LogP contribution >= 0.6 is 0 Å². The van der Waals surface area contributed by atoms with Gasteiger partial charge in [0.1, 0.15) is 0 Å². The highest BCUT2D eigenvalue weighted by Crippen LogP contribution is 2.39. The lowest BCUT2D eigenvalue weighted by atomic mass is 9.71. The summed E-state index contributed by atoms with van der Waals surface area (Å²) in [6.07, 6.45) is 7.70. The van der Waals surface area contributed by atoms with Crippen LogP contribution in [0.4, 0.5) is 0 Å². The van der Waals surface area contributed by atoms with Crippen LogP contribution in [-0.4, -0.2) is 12.5 Å². The van der Waals surface area contributed by atoms with Gasteiger partial charge >= 0.3 is 0 Å². The summed E-state index contributed by atoms with van der Waals surface area (Å²) < 4.78 is 0. The molecule has 2 rings (SSSR count). The molecule has 1 saturated carbocycles. The molecule has 3 atom stereocenters. The van der Waals surface area contributed by atoms with E-state index in [1.54, 1.807) is 0 Å². The van der Waals surface area contributed by atoms with E-state index in [0.29, 0.717) is 17.7 Å². The standard InChI is InChI=1S/C12H21NO/c1-2-9-5-3-4-6-10(9)11-7-8-13-12(11)14/h9-11H,2-8H2,1H3,(H,13,14). The zero-order chi connectivity index (χ0) is 9.97. The van der Waals surface area contributed by atoms with E-state index in [-0.39, 0.29) is 0 Å². The fourth-order valence-electron chi connectivity index (χ4n) is 3.29. The maximum Gasteiger partial charge on any atom is 0.223 e. The largest absolute Gasteiger partial charge is 0.356 e. The minimum absolute atomic E-state index is 0.329. The fourth-order valence-corrected chi connectivity index (χ4v) is 3.29. The topological polar surface area (TPSA) is 29.1 Å². The van der Waals surface area contributed by atoms with Crippen molar-refractivity contribution in [3.63, 3.8) is 0 Å². The molecule has 0 aromatic rings. The average molecular weight is 195 g/mol. The highest BCUT2D eigenvalue weighted by molar-refractivity contribution is 5.80. The van der Waals surface area contributed by atoms with Crippen molar-refractivity contribution in [3.8, 4) is 0 Å². The smallest absolute Gasteiger partial charge is 0.223 e. The lowest BCUT2D eigenvalue weighted by Gasteiger charge is -2.33. The first-order chi connectivity index (χ1) is 6.83. The summed E-state index contributed by atoms with van der Waals surface area (Å²) >= 11 is 0. The second-order valence-electron chi connectivity index (χ2n) is 4.80. The molecule has 1 aliphatic carbocycles. The molecule has 14 heavy (non-hydrogen) atoms. The molecule has 0 bridgehead atoms. The van der Waals surface area contributed by atoms with Gasteiger partial charge in [0, 0.05) is 12.5 Å². The maximum atomic E-state index is 11.6. The summed E-state index contributed by atoms with van der Waals surface area (Å²) in [5, 5.41) is 2.97. The van der Waals surface area contributed by atoms with Gasteiger partial charge in [0.05, 0.1) is 0 Å². The molecule has 0 spiro atoms. The van der Waals surface area contributed by atoms with Gasteiger partial charge in [-0.05, 0) is 24.7 Å². The monoisotopic (exact) mass is 195 g/mol. The van der Waals surface area contributed by atoms with Crippen molar-refractivity contribution in [2.24, 2.45) is 17.8 Å². The van der Waals surface area contributed by atoms with E-state index in [1.165, 1.54) is 32.1 Å². The Hall–Kier alpha value is -0.530. The second kappa shape index (κ2) is 4.33. The summed E-state index contributed by atoms with van der Waals surface area (Å²) in [6, 6.07) is 0. The Morgan fingerprint density at radius 1 is 1.29 bits per heavy atom. The molecule has 2 heteroatoms. The van der Waals surface area contributed by atoms with E-state index in [1.807, 2.05) is 0 Å². The van der Waals surface area contributed by atoms with Crippen LogP contribution in [0.25, 0.3) is 0 Å². The van der Waals surface area contributed by atoms with E-state index in [4.69, 9.17) is 0 Å². The third-order valence-corrected chi connectivity index (χ3v) is 4.10. The normalized spacial score (nSPS) is 38.4. The molecule has 1 heterocycles. The Labute approximate surface area is 86.5 Å². The van der Waals surface area contributed by atoms with Crippen molar-refractivity contribution in [1.29, 1.82) is 0 Å². The minimum Gasteiger partial charge on any atom is -0.356 e. The number of amides is 1. The molecule has 1 amide bonds. The van der Waals surface area contributed by atoms with Crippen LogP contribution < -0.4 is 5.32 Å².